The monoisotopic (exact) mass is 678 g/mol. The minimum Gasteiger partial charge on any atom is -0.490 e. The second kappa shape index (κ2) is 26.2. The van der Waals surface area contributed by atoms with Crippen molar-refractivity contribution >= 4 is 17.3 Å². The van der Waals surface area contributed by atoms with Crippen LogP contribution in [0, 0.1) is 18.6 Å². The fraction of sp³-hybridized carbons (Fsp3) is 0.350. The van der Waals surface area contributed by atoms with E-state index < -0.39 is 0 Å². The lowest BCUT2D eigenvalue weighted by atomic mass is 10.2. The lowest BCUT2D eigenvalue weighted by Crippen LogP contribution is -2.38. The maximum atomic E-state index is 13.4. The highest BCUT2D eigenvalue weighted by Crippen LogP contribution is 2.18. The fourth-order valence-electron chi connectivity index (χ4n) is 3.86. The smallest absolute Gasteiger partial charge is 0.224 e. The molecule has 0 spiro atoms. The molecule has 1 heterocycles. The number of carbonyl (C=O) groups excluding carboxylic acids is 1. The molecule has 49 heavy (non-hydrogen) atoms. The number of nitrogens with one attached hydrogen (secondary N) is 2. The molecule has 0 aliphatic rings. The Morgan fingerprint density at radius 3 is 2.22 bits per heavy atom. The number of halogens is 2. The van der Waals surface area contributed by atoms with E-state index in [0.29, 0.717) is 30.2 Å². The number of allylic oxidation sites excluding steroid dienone is 4. The molecule has 9 heteroatoms. The number of benzene rings is 2. The summed E-state index contributed by atoms with van der Waals surface area (Å²) in [6.07, 6.45) is 8.93. The van der Waals surface area contributed by atoms with E-state index in [1.807, 2.05) is 79.8 Å². The van der Waals surface area contributed by atoms with E-state index in [-0.39, 0.29) is 36.7 Å². The number of aromatic nitrogens is 1. The van der Waals surface area contributed by atoms with E-state index in [1.54, 1.807) is 36.7 Å². The predicted octanol–water partition coefficient (Wildman–Crippen LogP) is 9.45. The summed E-state index contributed by atoms with van der Waals surface area (Å²) in [5.74, 6) is 0.634. The van der Waals surface area contributed by atoms with E-state index in [0.717, 1.165) is 22.6 Å². The number of aryl methyl sites for hydroxylation is 1. The first-order valence-electron chi connectivity index (χ1n) is 16.6. The molecule has 1 amide bonds. The number of likely N-dealkylation sites (N-methyl/N-ethyl adjacent to an activating group) is 1. The Morgan fingerprint density at radius 2 is 1.67 bits per heavy atom. The molecule has 1 atom stereocenters. The Hall–Kier alpha value is -4.76. The van der Waals surface area contributed by atoms with Crippen LogP contribution >= 0.6 is 0 Å². The normalized spacial score (nSPS) is 11.2. The Labute approximate surface area is 293 Å². The van der Waals surface area contributed by atoms with Crippen LogP contribution in [0.15, 0.2) is 115 Å². The number of hydrogen-bond donors (Lipinski definition) is 2. The third kappa shape index (κ3) is 19.0. The lowest BCUT2D eigenvalue weighted by molar-refractivity contribution is -0.116. The largest absolute Gasteiger partial charge is 0.490 e. The molecule has 3 aromatic rings. The molecule has 0 bridgehead atoms. The minimum atomic E-state index is -0.387. The average molecular weight is 679 g/mol. The summed E-state index contributed by atoms with van der Waals surface area (Å²) in [5, 5.41) is 6.36. The van der Waals surface area contributed by atoms with Gasteiger partial charge in [-0.3, -0.25) is 9.78 Å². The highest BCUT2D eigenvalue weighted by molar-refractivity contribution is 5.91. The molecule has 0 aliphatic heterocycles. The van der Waals surface area contributed by atoms with Gasteiger partial charge < -0.3 is 25.0 Å². The topological polar surface area (TPSA) is 75.7 Å². The van der Waals surface area contributed by atoms with Gasteiger partial charge in [0, 0.05) is 37.6 Å². The quantitative estimate of drug-likeness (QED) is 0.0948. The molecule has 2 aromatic carbocycles. The van der Waals surface area contributed by atoms with E-state index in [1.165, 1.54) is 36.1 Å². The zero-order valence-corrected chi connectivity index (χ0v) is 30.8. The standard InChI is InChI=1S/C20H24FNO2.C16H20FN3O.2C2H6/c1-6-15(3)11-20(7-2)24-14-16(4)13-22(17(5)23)19-10-8-9-18(21)12-19;1-12-6-16(10-19-8-12)21-11-15(18-2)9-20-14-5-3-4-13(17)7-14;2*1-2/h6-12H,1,4,13-14H2,2-3,5H3;3-8,10,15,18,20H,9,11H2,1-2H3;2*1-2H3/b15-11-,20-7+;;;. The predicted molar refractivity (Wildman–Crippen MR) is 202 cm³/mol. The number of pyridine rings is 1. The molecule has 0 saturated carbocycles. The van der Waals surface area contributed by atoms with Crippen LogP contribution in [0.5, 0.6) is 5.75 Å². The zero-order chi connectivity index (χ0) is 37.2. The minimum absolute atomic E-state index is 0.105. The third-order valence-corrected chi connectivity index (χ3v) is 6.39. The molecule has 1 unspecified atom stereocenters. The van der Waals surface area contributed by atoms with Crippen molar-refractivity contribution in [1.82, 2.24) is 10.3 Å². The Kier molecular flexibility index (Phi) is 23.7. The number of nitrogens with zero attached hydrogens (tertiary/aromatic N) is 2. The van der Waals surface area contributed by atoms with E-state index in [9.17, 15) is 13.6 Å². The maximum Gasteiger partial charge on any atom is 0.224 e. The van der Waals surface area contributed by atoms with E-state index in [4.69, 9.17) is 9.47 Å². The lowest BCUT2D eigenvalue weighted by Gasteiger charge is -2.22. The van der Waals surface area contributed by atoms with Gasteiger partial charge in [-0.25, -0.2) is 8.78 Å². The van der Waals surface area contributed by atoms with Crippen molar-refractivity contribution in [2.75, 3.05) is 43.6 Å². The molecule has 3 rings (SSSR count). The summed E-state index contributed by atoms with van der Waals surface area (Å²) in [7, 11) is 1.87. The molecular weight excluding hydrogens is 622 g/mol. The number of rotatable bonds is 15. The van der Waals surface area contributed by atoms with Gasteiger partial charge in [0.25, 0.3) is 0 Å². The van der Waals surface area contributed by atoms with Crippen LogP contribution < -0.4 is 20.3 Å². The molecule has 7 nitrogen and oxygen atoms in total. The first-order valence-corrected chi connectivity index (χ1v) is 16.6. The molecule has 0 aliphatic carbocycles. The van der Waals surface area contributed by atoms with E-state index >= 15 is 0 Å². The molecule has 0 saturated heterocycles. The van der Waals surface area contributed by atoms with Crippen LogP contribution in [-0.4, -0.2) is 50.3 Å². The van der Waals surface area contributed by atoms with E-state index in [2.05, 4.69) is 28.8 Å². The van der Waals surface area contributed by atoms with Gasteiger partial charge in [-0.1, -0.05) is 59.1 Å². The molecule has 0 fully saturated rings. The van der Waals surface area contributed by atoms with Gasteiger partial charge in [-0.2, -0.15) is 0 Å². The average Bonchev–Trinajstić information content (AvgIpc) is 3.11. The van der Waals surface area contributed by atoms with Gasteiger partial charge in [0.15, 0.2) is 0 Å². The van der Waals surface area contributed by atoms with Gasteiger partial charge in [-0.15, -0.1) is 0 Å². The highest BCUT2D eigenvalue weighted by atomic mass is 19.1. The van der Waals surface area contributed by atoms with Crippen molar-refractivity contribution in [2.45, 2.75) is 61.4 Å². The number of ether oxygens (including phenoxy) is 2. The maximum absolute atomic E-state index is 13.4. The second-order valence-corrected chi connectivity index (χ2v) is 10.3. The number of carbonyl (C=O) groups is 1. The van der Waals surface area contributed by atoms with Crippen molar-refractivity contribution in [1.29, 1.82) is 0 Å². The van der Waals surface area contributed by atoms with Crippen LogP contribution in [0.2, 0.25) is 0 Å². The number of anilines is 2. The number of amides is 1. The molecule has 1 aromatic heterocycles. The Balaban J connectivity index is 0.000000858. The van der Waals surface area contributed by atoms with Crippen LogP contribution in [0.4, 0.5) is 20.2 Å². The SMILES string of the molecule is C=C/C(C)=C\C(=C/C)OCC(=C)CN(C(C)=O)c1cccc(F)c1.CC.CC.CNC(CNc1cccc(F)c1)COc1cncc(C)c1. The number of hydrogen-bond acceptors (Lipinski definition) is 6. The van der Waals surface area contributed by atoms with Crippen molar-refractivity contribution in [3.8, 4) is 5.75 Å². The van der Waals surface area contributed by atoms with Gasteiger partial charge >= 0.3 is 0 Å². The first kappa shape index (κ1) is 44.2. The van der Waals surface area contributed by atoms with Crippen molar-refractivity contribution in [2.24, 2.45) is 0 Å². The Morgan fingerprint density at radius 1 is 1.02 bits per heavy atom. The summed E-state index contributed by atoms with van der Waals surface area (Å²) in [6, 6.07) is 14.4. The Bertz CT molecular complexity index is 1420. The molecule has 2 N–H and O–H groups in total. The fourth-order valence-corrected chi connectivity index (χ4v) is 3.86. The summed E-state index contributed by atoms with van der Waals surface area (Å²) in [5.41, 5.74) is 4.01. The van der Waals surface area contributed by atoms with Crippen LogP contribution in [0.1, 0.15) is 54.0 Å². The van der Waals surface area contributed by atoms with Crippen LogP contribution in [0.3, 0.4) is 0 Å². The molecule has 268 valence electrons. The van der Waals surface area contributed by atoms with Crippen LogP contribution in [0.25, 0.3) is 0 Å². The van der Waals surface area contributed by atoms with Crippen molar-refractivity contribution in [3.05, 3.63) is 132 Å². The highest BCUT2D eigenvalue weighted by Gasteiger charge is 2.14. The summed E-state index contributed by atoms with van der Waals surface area (Å²) in [6.45, 7) is 24.5. The third-order valence-electron chi connectivity index (χ3n) is 6.39. The molecular formula is C40H56F2N4O3. The van der Waals surface area contributed by atoms with Gasteiger partial charge in [0.05, 0.1) is 12.2 Å². The van der Waals surface area contributed by atoms with Gasteiger partial charge in [-0.05, 0) is 99.1 Å². The van der Waals surface area contributed by atoms with Gasteiger partial charge in [0.2, 0.25) is 5.91 Å². The zero-order valence-electron chi connectivity index (χ0n) is 30.8. The first-order chi connectivity index (χ1) is 23.5. The van der Waals surface area contributed by atoms with Crippen molar-refractivity contribution in [3.63, 3.8) is 0 Å². The second-order valence-electron chi connectivity index (χ2n) is 10.3. The van der Waals surface area contributed by atoms with Crippen molar-refractivity contribution < 1.29 is 23.0 Å². The molecule has 0 radical (unpaired) electrons. The summed E-state index contributed by atoms with van der Waals surface area (Å²) in [4.78, 5) is 17.4. The summed E-state index contributed by atoms with van der Waals surface area (Å²) < 4.78 is 37.9. The summed E-state index contributed by atoms with van der Waals surface area (Å²) >= 11 is 0. The van der Waals surface area contributed by atoms with Gasteiger partial charge in [0.1, 0.15) is 36.4 Å². The van der Waals surface area contributed by atoms with Crippen LogP contribution in [-0.2, 0) is 9.53 Å².